The molecule has 0 unspecified atom stereocenters. The van der Waals surface area contributed by atoms with Crippen LogP contribution in [0.5, 0.6) is 0 Å². The maximum Gasteiger partial charge on any atom is 0.176 e. The summed E-state index contributed by atoms with van der Waals surface area (Å²) >= 11 is 0. The van der Waals surface area contributed by atoms with Gasteiger partial charge in [0.2, 0.25) is 0 Å². The van der Waals surface area contributed by atoms with E-state index < -0.39 is 0 Å². The molecule has 4 nitrogen and oxygen atoms in total. The van der Waals surface area contributed by atoms with Crippen LogP contribution in [-0.2, 0) is 0 Å². The van der Waals surface area contributed by atoms with Gasteiger partial charge in [0, 0.05) is 12.1 Å². The number of nitrogens with one attached hydrogen (secondary N) is 1. The molecule has 0 saturated carbocycles. The van der Waals surface area contributed by atoms with E-state index in [1.165, 1.54) is 19.3 Å². The molecule has 1 saturated heterocycles. The summed E-state index contributed by atoms with van der Waals surface area (Å²) in [6, 6.07) is 5.54. The Labute approximate surface area is 121 Å². The molecular formula is C16H25N3O. The number of anilines is 2. The predicted molar refractivity (Wildman–Crippen MR) is 84.3 cm³/mol. The molecule has 110 valence electrons. The Morgan fingerprint density at radius 1 is 1.30 bits per heavy atom. The average Bonchev–Trinajstić information content (AvgIpc) is 2.47. The first-order chi connectivity index (χ1) is 9.70. The first-order valence-electron chi connectivity index (χ1n) is 7.59. The number of hydrogen-bond donors (Lipinski definition) is 2. The van der Waals surface area contributed by atoms with Gasteiger partial charge in [0.25, 0.3) is 0 Å². The van der Waals surface area contributed by atoms with Crippen LogP contribution in [0.25, 0.3) is 0 Å². The first-order valence-corrected chi connectivity index (χ1v) is 7.59. The van der Waals surface area contributed by atoms with E-state index in [4.69, 9.17) is 5.73 Å². The number of benzene rings is 1. The highest BCUT2D eigenvalue weighted by molar-refractivity contribution is 5.99. The molecule has 0 spiro atoms. The molecule has 1 fully saturated rings. The van der Waals surface area contributed by atoms with Crippen LogP contribution in [0.4, 0.5) is 11.4 Å². The van der Waals surface area contributed by atoms with E-state index in [1.54, 1.807) is 0 Å². The Bertz CT molecular complexity index is 453. The van der Waals surface area contributed by atoms with Gasteiger partial charge in [-0.15, -0.1) is 0 Å². The minimum Gasteiger partial charge on any atom is -0.397 e. The number of nitrogen functional groups attached to an aromatic ring is 1. The Hall–Kier alpha value is -1.55. The highest BCUT2D eigenvalue weighted by atomic mass is 16.1. The lowest BCUT2D eigenvalue weighted by atomic mass is 10.1. The molecule has 1 aliphatic heterocycles. The molecule has 1 aromatic rings. The lowest BCUT2D eigenvalue weighted by Gasteiger charge is -2.25. The van der Waals surface area contributed by atoms with Gasteiger partial charge in [-0.05, 0) is 50.6 Å². The summed E-state index contributed by atoms with van der Waals surface area (Å²) < 4.78 is 0. The van der Waals surface area contributed by atoms with Crippen molar-refractivity contribution in [3.8, 4) is 0 Å². The molecule has 0 aliphatic carbocycles. The minimum atomic E-state index is 0.187. The fraction of sp³-hybridized carbons (Fsp3) is 0.562. The van der Waals surface area contributed by atoms with Gasteiger partial charge in [0.1, 0.15) is 0 Å². The van der Waals surface area contributed by atoms with Crippen LogP contribution in [0.1, 0.15) is 43.0 Å². The van der Waals surface area contributed by atoms with Crippen molar-refractivity contribution in [2.24, 2.45) is 0 Å². The molecule has 0 aromatic heterocycles. The fourth-order valence-electron chi connectivity index (χ4n) is 2.55. The number of ketones is 1. The van der Waals surface area contributed by atoms with E-state index >= 15 is 0 Å². The van der Waals surface area contributed by atoms with Crippen LogP contribution >= 0.6 is 0 Å². The molecule has 3 N–H and O–H groups in total. The summed E-state index contributed by atoms with van der Waals surface area (Å²) in [5.74, 6) is 0.187. The van der Waals surface area contributed by atoms with E-state index in [0.717, 1.165) is 37.3 Å². The zero-order valence-corrected chi connectivity index (χ0v) is 12.3. The third kappa shape index (κ3) is 3.97. The summed E-state index contributed by atoms with van der Waals surface area (Å²) in [6.45, 7) is 5.59. The second-order valence-electron chi connectivity index (χ2n) is 5.49. The number of carbonyl (C=O) groups excluding carboxylic acids is 1. The number of nitrogens with zero attached hydrogens (tertiary/aromatic N) is 1. The van der Waals surface area contributed by atoms with Crippen molar-refractivity contribution < 1.29 is 4.79 Å². The number of likely N-dealkylation sites (tertiary alicyclic amines) is 1. The molecule has 1 aromatic carbocycles. The van der Waals surface area contributed by atoms with Gasteiger partial charge in [0.15, 0.2) is 5.78 Å². The Balaban J connectivity index is 2.01. The number of nitrogens with two attached hydrogens (primary N) is 1. The highest BCUT2D eigenvalue weighted by Gasteiger charge is 2.15. The molecule has 2 rings (SSSR count). The molecule has 1 aliphatic rings. The van der Waals surface area contributed by atoms with Crippen molar-refractivity contribution in [3.05, 3.63) is 23.8 Å². The lowest BCUT2D eigenvalue weighted by Crippen LogP contribution is -2.34. The number of hydrogen-bond acceptors (Lipinski definition) is 4. The van der Waals surface area contributed by atoms with Crippen LogP contribution in [-0.4, -0.2) is 36.9 Å². The van der Waals surface area contributed by atoms with Crippen LogP contribution in [0.2, 0.25) is 0 Å². The summed E-state index contributed by atoms with van der Waals surface area (Å²) in [5, 5.41) is 3.27. The molecule has 0 atom stereocenters. The zero-order chi connectivity index (χ0) is 14.4. The van der Waals surface area contributed by atoms with Gasteiger partial charge in [-0.1, -0.05) is 13.3 Å². The van der Waals surface area contributed by atoms with Gasteiger partial charge in [0.05, 0.1) is 17.9 Å². The predicted octanol–water partition coefficient (Wildman–Crippen LogP) is 2.76. The summed E-state index contributed by atoms with van der Waals surface area (Å²) in [7, 11) is 0. The smallest absolute Gasteiger partial charge is 0.176 e. The Morgan fingerprint density at radius 3 is 2.75 bits per heavy atom. The normalized spacial score (nSPS) is 16.1. The molecule has 0 bridgehead atoms. The molecule has 4 heteroatoms. The van der Waals surface area contributed by atoms with Gasteiger partial charge in [-0.25, -0.2) is 0 Å². The SMILES string of the molecule is CCCNc1cc(C(=O)CN2CCCCC2)ccc1N. The zero-order valence-electron chi connectivity index (χ0n) is 12.3. The molecular weight excluding hydrogens is 250 g/mol. The van der Waals surface area contributed by atoms with Crippen molar-refractivity contribution >= 4 is 17.2 Å². The van der Waals surface area contributed by atoms with Gasteiger partial charge in [-0.2, -0.15) is 0 Å². The maximum absolute atomic E-state index is 12.3. The van der Waals surface area contributed by atoms with E-state index in [9.17, 15) is 4.79 Å². The van der Waals surface area contributed by atoms with Crippen LogP contribution in [0.3, 0.4) is 0 Å². The number of Topliss-reactive ketones (excluding diaryl/α,β-unsaturated/α-hetero) is 1. The number of carbonyl (C=O) groups is 1. The first kappa shape index (κ1) is 14.9. The second kappa shape index (κ2) is 7.29. The quantitative estimate of drug-likeness (QED) is 0.619. The van der Waals surface area contributed by atoms with Gasteiger partial charge in [-0.3, -0.25) is 9.69 Å². The van der Waals surface area contributed by atoms with Gasteiger partial charge < -0.3 is 11.1 Å². The molecule has 0 radical (unpaired) electrons. The van der Waals surface area contributed by atoms with Gasteiger partial charge >= 0.3 is 0 Å². The van der Waals surface area contributed by atoms with Crippen molar-refractivity contribution in [1.29, 1.82) is 0 Å². The summed E-state index contributed by atoms with van der Waals surface area (Å²) in [6.07, 6.45) is 4.74. The standard InChI is InChI=1S/C16H25N3O/c1-2-8-18-15-11-13(6-7-14(15)17)16(20)12-19-9-4-3-5-10-19/h6-7,11,18H,2-5,8-10,12,17H2,1H3. The topological polar surface area (TPSA) is 58.4 Å². The van der Waals surface area contributed by atoms with E-state index in [0.29, 0.717) is 12.2 Å². The number of piperidine rings is 1. The van der Waals surface area contributed by atoms with E-state index in [1.807, 2.05) is 18.2 Å². The lowest BCUT2D eigenvalue weighted by molar-refractivity contribution is 0.0916. The molecule has 1 heterocycles. The van der Waals surface area contributed by atoms with Crippen molar-refractivity contribution in [2.75, 3.05) is 37.2 Å². The summed E-state index contributed by atoms with van der Waals surface area (Å²) in [5.41, 5.74) is 8.26. The molecule has 20 heavy (non-hydrogen) atoms. The minimum absolute atomic E-state index is 0.187. The third-order valence-corrected chi connectivity index (χ3v) is 3.76. The molecule has 0 amide bonds. The van der Waals surface area contributed by atoms with Crippen molar-refractivity contribution in [1.82, 2.24) is 4.90 Å². The van der Waals surface area contributed by atoms with Crippen LogP contribution < -0.4 is 11.1 Å². The Morgan fingerprint density at radius 2 is 2.05 bits per heavy atom. The average molecular weight is 275 g/mol. The van der Waals surface area contributed by atoms with Crippen LogP contribution in [0, 0.1) is 0 Å². The fourth-order valence-corrected chi connectivity index (χ4v) is 2.55. The van der Waals surface area contributed by atoms with E-state index in [2.05, 4.69) is 17.1 Å². The second-order valence-corrected chi connectivity index (χ2v) is 5.49. The maximum atomic E-state index is 12.3. The highest BCUT2D eigenvalue weighted by Crippen LogP contribution is 2.21. The van der Waals surface area contributed by atoms with E-state index in [-0.39, 0.29) is 5.78 Å². The summed E-state index contributed by atoms with van der Waals surface area (Å²) in [4.78, 5) is 14.6. The van der Waals surface area contributed by atoms with Crippen molar-refractivity contribution in [3.63, 3.8) is 0 Å². The van der Waals surface area contributed by atoms with Crippen LogP contribution in [0.15, 0.2) is 18.2 Å². The Kier molecular flexibility index (Phi) is 5.41. The largest absolute Gasteiger partial charge is 0.397 e. The third-order valence-electron chi connectivity index (χ3n) is 3.76. The monoisotopic (exact) mass is 275 g/mol. The number of rotatable bonds is 6. The van der Waals surface area contributed by atoms with Crippen molar-refractivity contribution in [2.45, 2.75) is 32.6 Å².